The van der Waals surface area contributed by atoms with Gasteiger partial charge in [-0.25, -0.2) is 0 Å². The van der Waals surface area contributed by atoms with E-state index in [4.69, 9.17) is 4.74 Å². The number of morpholine rings is 1. The number of hydrogen-bond donors (Lipinski definition) is 0. The van der Waals surface area contributed by atoms with Gasteiger partial charge in [-0.05, 0) is 32.3 Å². The third-order valence-electron chi connectivity index (χ3n) is 3.89. The Labute approximate surface area is 165 Å². The average Bonchev–Trinajstić information content (AvgIpc) is 3.03. The number of aryl methyl sites for hydroxylation is 2. The molecule has 1 aromatic heterocycles. The molecule has 158 valence electrons. The summed E-state index contributed by atoms with van der Waals surface area (Å²) in [6.45, 7) is 28.7. The quantitative estimate of drug-likeness (QED) is 0.646. The molecule has 0 N–H and O–H groups in total. The molecule has 0 aromatic carbocycles. The van der Waals surface area contributed by atoms with Crippen LogP contribution in [0.1, 0.15) is 85.7 Å². The maximum absolute atomic E-state index is 5.36. The third kappa shape index (κ3) is 11.7. The first-order valence-electron chi connectivity index (χ1n) is 11.1. The summed E-state index contributed by atoms with van der Waals surface area (Å²) in [5, 5.41) is 4.68. The van der Waals surface area contributed by atoms with Crippen molar-refractivity contribution < 1.29 is 4.74 Å². The standard InChI is InChI=1S/C14H25N3O.4C2H6/c1-4-14-12(2)13(3)17(15-14)7-5-6-16-8-10-18-11-9-16;4*1-2/h4-11H2,1-3H3;4*1-2H3. The summed E-state index contributed by atoms with van der Waals surface area (Å²) in [5.74, 6) is 0. The molecule has 1 fully saturated rings. The second kappa shape index (κ2) is 22.2. The van der Waals surface area contributed by atoms with Gasteiger partial charge < -0.3 is 4.74 Å². The van der Waals surface area contributed by atoms with Crippen molar-refractivity contribution in [2.45, 2.75) is 95.5 Å². The zero-order chi connectivity index (χ0) is 21.0. The summed E-state index contributed by atoms with van der Waals surface area (Å²) in [7, 11) is 0. The zero-order valence-electron chi connectivity index (χ0n) is 19.9. The van der Waals surface area contributed by atoms with Crippen LogP contribution in [0.25, 0.3) is 0 Å². The van der Waals surface area contributed by atoms with Gasteiger partial charge in [0.15, 0.2) is 0 Å². The number of nitrogens with zero attached hydrogens (tertiary/aromatic N) is 3. The van der Waals surface area contributed by atoms with E-state index in [0.29, 0.717) is 0 Å². The van der Waals surface area contributed by atoms with Crippen molar-refractivity contribution in [3.8, 4) is 0 Å². The van der Waals surface area contributed by atoms with Gasteiger partial charge >= 0.3 is 0 Å². The molecule has 0 amide bonds. The Kier molecular flexibility index (Phi) is 25.5. The average molecular weight is 372 g/mol. The third-order valence-corrected chi connectivity index (χ3v) is 3.89. The molecular formula is C22H49N3O. The first-order valence-corrected chi connectivity index (χ1v) is 11.1. The van der Waals surface area contributed by atoms with Gasteiger partial charge in [-0.3, -0.25) is 9.58 Å². The normalized spacial score (nSPS) is 12.9. The largest absolute Gasteiger partial charge is 0.379 e. The van der Waals surface area contributed by atoms with E-state index in [9.17, 15) is 0 Å². The van der Waals surface area contributed by atoms with Crippen molar-refractivity contribution >= 4 is 0 Å². The summed E-state index contributed by atoms with van der Waals surface area (Å²) >= 11 is 0. The molecule has 2 rings (SSSR count). The van der Waals surface area contributed by atoms with Crippen molar-refractivity contribution in [3.63, 3.8) is 0 Å². The zero-order valence-corrected chi connectivity index (χ0v) is 19.9. The van der Waals surface area contributed by atoms with E-state index in [-0.39, 0.29) is 0 Å². The van der Waals surface area contributed by atoms with E-state index in [2.05, 4.69) is 35.5 Å². The minimum Gasteiger partial charge on any atom is -0.379 e. The summed E-state index contributed by atoms with van der Waals surface area (Å²) in [6.07, 6.45) is 2.20. The number of hydrogen-bond acceptors (Lipinski definition) is 3. The Bertz CT molecular complexity index is 383. The Balaban J connectivity index is -0.000000585. The molecule has 0 aliphatic carbocycles. The Morgan fingerprint density at radius 3 is 1.77 bits per heavy atom. The lowest BCUT2D eigenvalue weighted by Crippen LogP contribution is -2.37. The lowest BCUT2D eigenvalue weighted by molar-refractivity contribution is 0.0368. The maximum Gasteiger partial charge on any atom is 0.0653 e. The van der Waals surface area contributed by atoms with Crippen molar-refractivity contribution in [2.24, 2.45) is 0 Å². The predicted molar refractivity (Wildman–Crippen MR) is 118 cm³/mol. The van der Waals surface area contributed by atoms with Crippen LogP contribution in [-0.4, -0.2) is 47.5 Å². The summed E-state index contributed by atoms with van der Waals surface area (Å²) in [4.78, 5) is 2.48. The highest BCUT2D eigenvalue weighted by Crippen LogP contribution is 2.13. The lowest BCUT2D eigenvalue weighted by atomic mass is 10.2. The van der Waals surface area contributed by atoms with Crippen LogP contribution in [0.4, 0.5) is 0 Å². The van der Waals surface area contributed by atoms with Crippen LogP contribution in [0.5, 0.6) is 0 Å². The molecule has 0 bridgehead atoms. The lowest BCUT2D eigenvalue weighted by Gasteiger charge is -2.26. The first-order chi connectivity index (χ1) is 12.7. The van der Waals surface area contributed by atoms with E-state index < -0.39 is 0 Å². The van der Waals surface area contributed by atoms with Gasteiger partial charge in [0.05, 0.1) is 18.9 Å². The van der Waals surface area contributed by atoms with E-state index in [1.165, 1.54) is 23.4 Å². The van der Waals surface area contributed by atoms with Crippen molar-refractivity contribution in [3.05, 3.63) is 17.0 Å². The van der Waals surface area contributed by atoms with Crippen LogP contribution >= 0.6 is 0 Å². The topological polar surface area (TPSA) is 30.3 Å². The van der Waals surface area contributed by atoms with Crippen LogP contribution in [0, 0.1) is 13.8 Å². The predicted octanol–water partition coefficient (Wildman–Crippen LogP) is 5.89. The van der Waals surface area contributed by atoms with Crippen LogP contribution in [0.15, 0.2) is 0 Å². The summed E-state index contributed by atoms with van der Waals surface area (Å²) in [6, 6.07) is 0. The van der Waals surface area contributed by atoms with Crippen molar-refractivity contribution in [1.29, 1.82) is 0 Å². The Morgan fingerprint density at radius 1 is 0.846 bits per heavy atom. The van der Waals surface area contributed by atoms with Gasteiger partial charge in [0.1, 0.15) is 0 Å². The van der Waals surface area contributed by atoms with Crippen LogP contribution in [0.3, 0.4) is 0 Å². The van der Waals surface area contributed by atoms with E-state index in [1.54, 1.807) is 0 Å². The van der Waals surface area contributed by atoms with Crippen LogP contribution in [0.2, 0.25) is 0 Å². The molecule has 1 aliphatic heterocycles. The summed E-state index contributed by atoms with van der Waals surface area (Å²) < 4.78 is 7.53. The van der Waals surface area contributed by atoms with Gasteiger partial charge in [-0.1, -0.05) is 62.3 Å². The molecule has 0 atom stereocenters. The number of aromatic nitrogens is 2. The monoisotopic (exact) mass is 371 g/mol. The highest BCUT2D eigenvalue weighted by molar-refractivity contribution is 5.23. The first kappa shape index (κ1) is 29.9. The minimum absolute atomic E-state index is 0.889. The van der Waals surface area contributed by atoms with Gasteiger partial charge in [-0.2, -0.15) is 5.10 Å². The molecule has 26 heavy (non-hydrogen) atoms. The fourth-order valence-electron chi connectivity index (χ4n) is 2.52. The highest BCUT2D eigenvalue weighted by atomic mass is 16.5. The molecule has 0 radical (unpaired) electrons. The highest BCUT2D eigenvalue weighted by Gasteiger charge is 2.11. The van der Waals surface area contributed by atoms with Crippen molar-refractivity contribution in [1.82, 2.24) is 14.7 Å². The molecule has 2 heterocycles. The van der Waals surface area contributed by atoms with E-state index >= 15 is 0 Å². The van der Waals surface area contributed by atoms with Gasteiger partial charge in [-0.15, -0.1) is 0 Å². The Hall–Kier alpha value is -0.870. The molecular weight excluding hydrogens is 322 g/mol. The second-order valence-corrected chi connectivity index (χ2v) is 5.04. The molecule has 1 aromatic rings. The fraction of sp³-hybridized carbons (Fsp3) is 0.864. The molecule has 0 unspecified atom stereocenters. The van der Waals surface area contributed by atoms with Gasteiger partial charge in [0.2, 0.25) is 0 Å². The van der Waals surface area contributed by atoms with Crippen molar-refractivity contribution in [2.75, 3.05) is 32.8 Å². The van der Waals surface area contributed by atoms with Gasteiger partial charge in [0.25, 0.3) is 0 Å². The summed E-state index contributed by atoms with van der Waals surface area (Å²) in [5.41, 5.74) is 3.94. The smallest absolute Gasteiger partial charge is 0.0653 e. The molecule has 0 spiro atoms. The molecule has 0 saturated carbocycles. The molecule has 1 aliphatic rings. The van der Waals surface area contributed by atoms with Gasteiger partial charge in [0, 0.05) is 31.9 Å². The van der Waals surface area contributed by atoms with Crippen LogP contribution < -0.4 is 0 Å². The van der Waals surface area contributed by atoms with E-state index in [0.717, 1.165) is 45.8 Å². The Morgan fingerprint density at radius 2 is 1.35 bits per heavy atom. The van der Waals surface area contributed by atoms with E-state index in [1.807, 2.05) is 55.4 Å². The number of ether oxygens (including phenoxy) is 1. The maximum atomic E-state index is 5.36. The fourth-order valence-corrected chi connectivity index (χ4v) is 2.52. The van der Waals surface area contributed by atoms with Crippen LogP contribution in [-0.2, 0) is 17.7 Å². The second-order valence-electron chi connectivity index (χ2n) is 5.04. The minimum atomic E-state index is 0.889. The molecule has 1 saturated heterocycles. The SMILES string of the molecule is CC.CC.CC.CC.CCc1nn(CCCN2CCOCC2)c(C)c1C. The molecule has 4 nitrogen and oxygen atoms in total. The molecule has 4 heteroatoms. The number of rotatable bonds is 5.